The summed E-state index contributed by atoms with van der Waals surface area (Å²) < 4.78 is 31.7. The Balaban J connectivity index is 0.000000256. The fraction of sp³-hybridized carbons (Fsp3) is 0.692. The summed E-state index contributed by atoms with van der Waals surface area (Å²) in [6.45, 7) is 2.63. The molecule has 1 saturated heterocycles. The molecular formula is C13H18F3N5O3. The zero-order valence-corrected chi connectivity index (χ0v) is 12.6. The third-order valence-electron chi connectivity index (χ3n) is 4.18. The SMILES string of the molecule is O=C(NCc1c[nH]nn1)[C@H]1C[C@H]2CNC[C@H]2C1.O=C(O)C(F)(F)F. The van der Waals surface area contributed by atoms with Gasteiger partial charge in [-0.15, -0.1) is 5.10 Å². The lowest BCUT2D eigenvalue weighted by atomic mass is 10.0. The van der Waals surface area contributed by atoms with Crippen LogP contribution in [-0.2, 0) is 16.1 Å². The van der Waals surface area contributed by atoms with Crippen LogP contribution in [0.4, 0.5) is 13.2 Å². The number of amides is 1. The van der Waals surface area contributed by atoms with Crippen LogP contribution in [0.5, 0.6) is 0 Å². The van der Waals surface area contributed by atoms with E-state index >= 15 is 0 Å². The molecule has 0 spiro atoms. The highest BCUT2D eigenvalue weighted by molar-refractivity contribution is 5.79. The van der Waals surface area contributed by atoms with Gasteiger partial charge in [0.25, 0.3) is 0 Å². The number of aromatic nitrogens is 3. The molecule has 2 fully saturated rings. The molecule has 0 unspecified atom stereocenters. The van der Waals surface area contributed by atoms with E-state index in [-0.39, 0.29) is 11.8 Å². The first kappa shape index (κ1) is 18.2. The number of nitrogens with zero attached hydrogens (tertiary/aromatic N) is 2. The minimum absolute atomic E-state index is 0.169. The van der Waals surface area contributed by atoms with Gasteiger partial charge in [0, 0.05) is 12.1 Å². The molecule has 3 rings (SSSR count). The molecule has 1 aliphatic heterocycles. The first-order valence-electron chi connectivity index (χ1n) is 7.41. The minimum atomic E-state index is -5.08. The molecule has 11 heteroatoms. The molecule has 3 atom stereocenters. The molecule has 8 nitrogen and oxygen atoms in total. The lowest BCUT2D eigenvalue weighted by Crippen LogP contribution is -2.30. The number of fused-ring (bicyclic) bond motifs is 1. The van der Waals surface area contributed by atoms with Crippen molar-refractivity contribution >= 4 is 11.9 Å². The van der Waals surface area contributed by atoms with Crippen molar-refractivity contribution in [3.8, 4) is 0 Å². The molecule has 1 aliphatic carbocycles. The number of carboxylic acid groups (broad SMARTS) is 1. The Hall–Kier alpha value is -2.17. The van der Waals surface area contributed by atoms with Crippen LogP contribution in [0.3, 0.4) is 0 Å². The van der Waals surface area contributed by atoms with Crippen LogP contribution >= 0.6 is 0 Å². The monoisotopic (exact) mass is 349 g/mol. The molecule has 24 heavy (non-hydrogen) atoms. The Morgan fingerprint density at radius 3 is 2.33 bits per heavy atom. The van der Waals surface area contributed by atoms with Gasteiger partial charge in [0.05, 0.1) is 6.54 Å². The van der Waals surface area contributed by atoms with Crippen molar-refractivity contribution in [3.05, 3.63) is 11.9 Å². The largest absolute Gasteiger partial charge is 0.490 e. The van der Waals surface area contributed by atoms with E-state index in [1.807, 2.05) is 0 Å². The van der Waals surface area contributed by atoms with Gasteiger partial charge in [0.2, 0.25) is 5.91 Å². The first-order chi connectivity index (χ1) is 11.3. The fourth-order valence-electron chi connectivity index (χ4n) is 3.01. The summed E-state index contributed by atoms with van der Waals surface area (Å²) in [5, 5.41) is 23.5. The van der Waals surface area contributed by atoms with Gasteiger partial charge in [-0.1, -0.05) is 5.21 Å². The summed E-state index contributed by atoms with van der Waals surface area (Å²) in [7, 11) is 0. The number of carboxylic acids is 1. The average molecular weight is 349 g/mol. The molecular weight excluding hydrogens is 331 g/mol. The molecule has 2 aliphatic rings. The van der Waals surface area contributed by atoms with Crippen molar-refractivity contribution in [2.75, 3.05) is 13.1 Å². The van der Waals surface area contributed by atoms with Crippen molar-refractivity contribution in [2.24, 2.45) is 17.8 Å². The number of hydrogen-bond donors (Lipinski definition) is 4. The Kier molecular flexibility index (Phi) is 5.75. The van der Waals surface area contributed by atoms with Crippen LogP contribution in [0.2, 0.25) is 0 Å². The number of carbonyl (C=O) groups is 2. The van der Waals surface area contributed by atoms with Crippen molar-refractivity contribution in [2.45, 2.75) is 25.6 Å². The maximum absolute atomic E-state index is 12.0. The molecule has 0 bridgehead atoms. The van der Waals surface area contributed by atoms with Crippen molar-refractivity contribution in [1.29, 1.82) is 0 Å². The molecule has 1 aromatic heterocycles. The summed E-state index contributed by atoms with van der Waals surface area (Å²) in [5.74, 6) is -0.982. The zero-order valence-electron chi connectivity index (χ0n) is 12.6. The summed E-state index contributed by atoms with van der Waals surface area (Å²) in [5.41, 5.74) is 0.776. The second-order valence-corrected chi connectivity index (χ2v) is 5.83. The number of halogens is 3. The normalized spacial score (nSPS) is 25.5. The van der Waals surface area contributed by atoms with Crippen LogP contribution in [0.25, 0.3) is 0 Å². The van der Waals surface area contributed by atoms with E-state index in [2.05, 4.69) is 26.0 Å². The van der Waals surface area contributed by atoms with E-state index in [9.17, 15) is 18.0 Å². The standard InChI is InChI=1S/C11H17N5O.C2HF3O2/c17-11(13-5-10-6-14-16-15-10)7-1-8-3-12-4-9(8)2-7;3-2(4,5)1(6)7/h6-9,12H,1-5H2,(H,13,17)(H,14,15,16);(H,6,7)/t7-,8-,9+;. The van der Waals surface area contributed by atoms with E-state index in [4.69, 9.17) is 9.90 Å². The van der Waals surface area contributed by atoms with E-state index in [0.29, 0.717) is 18.4 Å². The van der Waals surface area contributed by atoms with Gasteiger partial charge in [-0.05, 0) is 37.8 Å². The van der Waals surface area contributed by atoms with Gasteiger partial charge in [-0.3, -0.25) is 9.89 Å². The van der Waals surface area contributed by atoms with Gasteiger partial charge in [0.1, 0.15) is 5.69 Å². The average Bonchev–Trinajstić information content (AvgIpc) is 3.20. The van der Waals surface area contributed by atoms with Gasteiger partial charge < -0.3 is 15.7 Å². The highest BCUT2D eigenvalue weighted by Gasteiger charge is 2.40. The van der Waals surface area contributed by atoms with Crippen molar-refractivity contribution in [1.82, 2.24) is 26.0 Å². The molecule has 4 N–H and O–H groups in total. The Labute approximate surface area is 135 Å². The Bertz CT molecular complexity index is 552. The van der Waals surface area contributed by atoms with Gasteiger partial charge in [-0.2, -0.15) is 13.2 Å². The quantitative estimate of drug-likeness (QED) is 0.623. The maximum atomic E-state index is 12.0. The molecule has 134 valence electrons. The lowest BCUT2D eigenvalue weighted by molar-refractivity contribution is -0.192. The van der Waals surface area contributed by atoms with Crippen LogP contribution in [-0.4, -0.2) is 51.7 Å². The number of rotatable bonds is 3. The molecule has 2 heterocycles. The number of carbonyl (C=O) groups excluding carboxylic acids is 1. The van der Waals surface area contributed by atoms with Crippen molar-refractivity contribution < 1.29 is 27.9 Å². The van der Waals surface area contributed by atoms with E-state index < -0.39 is 12.1 Å². The summed E-state index contributed by atoms with van der Waals surface area (Å²) in [4.78, 5) is 20.9. The first-order valence-corrected chi connectivity index (χ1v) is 7.41. The van der Waals surface area contributed by atoms with Crippen molar-refractivity contribution in [3.63, 3.8) is 0 Å². The van der Waals surface area contributed by atoms with E-state index in [0.717, 1.165) is 31.6 Å². The second-order valence-electron chi connectivity index (χ2n) is 5.83. The number of alkyl halides is 3. The molecule has 0 radical (unpaired) electrons. The van der Waals surface area contributed by atoms with E-state index in [1.165, 1.54) is 0 Å². The fourth-order valence-corrected chi connectivity index (χ4v) is 3.01. The van der Waals surface area contributed by atoms with Gasteiger partial charge in [0.15, 0.2) is 0 Å². The van der Waals surface area contributed by atoms with E-state index in [1.54, 1.807) is 6.20 Å². The summed E-state index contributed by atoms with van der Waals surface area (Å²) in [6.07, 6.45) is -1.32. The number of H-pyrrole nitrogens is 1. The molecule has 0 aromatic carbocycles. The maximum Gasteiger partial charge on any atom is 0.490 e. The Morgan fingerprint density at radius 1 is 1.29 bits per heavy atom. The number of hydrogen-bond acceptors (Lipinski definition) is 5. The summed E-state index contributed by atoms with van der Waals surface area (Å²) in [6, 6.07) is 0. The van der Waals surface area contributed by atoms with Crippen LogP contribution in [0.15, 0.2) is 6.20 Å². The van der Waals surface area contributed by atoms with Crippen LogP contribution in [0, 0.1) is 17.8 Å². The highest BCUT2D eigenvalue weighted by atomic mass is 19.4. The number of nitrogens with one attached hydrogen (secondary N) is 3. The topological polar surface area (TPSA) is 120 Å². The third kappa shape index (κ3) is 4.91. The number of aromatic amines is 1. The predicted molar refractivity (Wildman–Crippen MR) is 74.5 cm³/mol. The zero-order chi connectivity index (χ0) is 17.7. The second kappa shape index (κ2) is 7.60. The molecule has 1 amide bonds. The van der Waals surface area contributed by atoms with Gasteiger partial charge in [-0.25, -0.2) is 4.79 Å². The third-order valence-corrected chi connectivity index (χ3v) is 4.18. The number of aliphatic carboxylic acids is 1. The smallest absolute Gasteiger partial charge is 0.475 e. The highest BCUT2D eigenvalue weighted by Crippen LogP contribution is 2.38. The summed E-state index contributed by atoms with van der Waals surface area (Å²) >= 11 is 0. The van der Waals surface area contributed by atoms with Crippen LogP contribution < -0.4 is 10.6 Å². The predicted octanol–water partition coefficient (Wildman–Crippen LogP) is 0.300. The molecule has 1 aromatic rings. The van der Waals surface area contributed by atoms with Gasteiger partial charge >= 0.3 is 12.1 Å². The minimum Gasteiger partial charge on any atom is -0.475 e. The Morgan fingerprint density at radius 2 is 1.88 bits per heavy atom. The molecule has 1 saturated carbocycles. The lowest BCUT2D eigenvalue weighted by Gasteiger charge is -2.10. The van der Waals surface area contributed by atoms with Crippen LogP contribution in [0.1, 0.15) is 18.5 Å².